The minimum absolute atomic E-state index is 0.0399. The summed E-state index contributed by atoms with van der Waals surface area (Å²) in [7, 11) is 1.62. The quantitative estimate of drug-likeness (QED) is 0.329. The predicted molar refractivity (Wildman–Crippen MR) is 128 cm³/mol. The molecule has 0 atom stereocenters. The van der Waals surface area contributed by atoms with Gasteiger partial charge >= 0.3 is 0 Å². The van der Waals surface area contributed by atoms with E-state index in [1.54, 1.807) is 13.2 Å². The summed E-state index contributed by atoms with van der Waals surface area (Å²) in [6, 6.07) is 23.2. The van der Waals surface area contributed by atoms with Crippen LogP contribution < -0.4 is 10.1 Å². The molecule has 156 valence electrons. The van der Waals surface area contributed by atoms with Gasteiger partial charge in [-0.05, 0) is 71.5 Å². The van der Waals surface area contributed by atoms with E-state index in [0.29, 0.717) is 12.1 Å². The Hall–Kier alpha value is -3.36. The number of nitrogens with zero attached hydrogens (tertiary/aromatic N) is 1. The van der Waals surface area contributed by atoms with Crippen LogP contribution in [-0.2, 0) is 17.6 Å². The van der Waals surface area contributed by atoms with Gasteiger partial charge < -0.3 is 10.1 Å². The molecule has 3 aromatic rings. The van der Waals surface area contributed by atoms with E-state index in [1.807, 2.05) is 72.8 Å². The zero-order valence-corrected chi connectivity index (χ0v) is 19.1. The fourth-order valence-electron chi connectivity index (χ4n) is 3.18. The maximum absolute atomic E-state index is 12.7. The summed E-state index contributed by atoms with van der Waals surface area (Å²) in [5, 5.41) is 12.4. The second-order valence-corrected chi connectivity index (χ2v) is 7.86. The number of anilines is 1. The van der Waals surface area contributed by atoms with Crippen LogP contribution in [0.5, 0.6) is 5.75 Å². The molecule has 1 amide bonds. The molecule has 0 aliphatic heterocycles. The topological polar surface area (TPSA) is 62.1 Å². The number of carbonyl (C=O) groups is 1. The summed E-state index contributed by atoms with van der Waals surface area (Å²) >= 11 is 3.59. The summed E-state index contributed by atoms with van der Waals surface area (Å²) in [5.41, 5.74) is 4.74. The average molecular weight is 475 g/mol. The summed E-state index contributed by atoms with van der Waals surface area (Å²) in [6.45, 7) is 2.07. The first-order valence-corrected chi connectivity index (χ1v) is 10.8. The van der Waals surface area contributed by atoms with E-state index < -0.39 is 5.91 Å². The first kappa shape index (κ1) is 22.3. The number of hydrogen-bond acceptors (Lipinski definition) is 3. The molecule has 0 aliphatic rings. The van der Waals surface area contributed by atoms with Crippen molar-refractivity contribution in [1.82, 2.24) is 0 Å². The van der Waals surface area contributed by atoms with E-state index in [2.05, 4.69) is 28.2 Å². The molecular formula is C26H23BrN2O2. The largest absolute Gasteiger partial charge is 0.497 e. The number of carbonyl (C=O) groups excluding carboxylic acids is 1. The molecular weight excluding hydrogens is 452 g/mol. The Morgan fingerprint density at radius 2 is 1.84 bits per heavy atom. The minimum atomic E-state index is -0.436. The fraction of sp³-hybridized carbons (Fsp3) is 0.154. The highest BCUT2D eigenvalue weighted by atomic mass is 79.9. The molecule has 0 aromatic heterocycles. The number of nitrogens with one attached hydrogen (secondary N) is 1. The summed E-state index contributed by atoms with van der Waals surface area (Å²) in [4.78, 5) is 12.7. The van der Waals surface area contributed by atoms with Gasteiger partial charge in [0.15, 0.2) is 0 Å². The minimum Gasteiger partial charge on any atom is -0.497 e. The standard InChI is InChI=1S/C26H23BrN2O2/c1-3-18-8-11-23(12-9-18)29-26(30)22(17-28)14-19-10-13-24(31-2)16-21(19)15-20-6-4-5-7-25(20)27/h4-14,16H,3,15H2,1-2H3,(H,29,30)/b22-14+. The van der Waals surface area contributed by atoms with Gasteiger partial charge in [-0.3, -0.25) is 4.79 Å². The first-order valence-electron chi connectivity index (χ1n) is 9.96. The highest BCUT2D eigenvalue weighted by Crippen LogP contribution is 2.26. The summed E-state index contributed by atoms with van der Waals surface area (Å²) in [5.74, 6) is 0.285. The smallest absolute Gasteiger partial charge is 0.266 e. The zero-order chi connectivity index (χ0) is 22.2. The van der Waals surface area contributed by atoms with Crippen molar-refractivity contribution in [3.8, 4) is 11.8 Å². The van der Waals surface area contributed by atoms with E-state index in [-0.39, 0.29) is 5.57 Å². The lowest BCUT2D eigenvalue weighted by Gasteiger charge is -2.11. The Morgan fingerprint density at radius 1 is 1.10 bits per heavy atom. The van der Waals surface area contributed by atoms with E-state index in [9.17, 15) is 10.1 Å². The Bertz CT molecular complexity index is 1140. The molecule has 3 aromatic carbocycles. The van der Waals surface area contributed by atoms with Crippen LogP contribution in [0.4, 0.5) is 5.69 Å². The maximum atomic E-state index is 12.7. The molecule has 0 heterocycles. The molecule has 0 bridgehead atoms. The highest BCUT2D eigenvalue weighted by molar-refractivity contribution is 9.10. The lowest BCUT2D eigenvalue weighted by molar-refractivity contribution is -0.112. The maximum Gasteiger partial charge on any atom is 0.266 e. The number of ether oxygens (including phenoxy) is 1. The van der Waals surface area contributed by atoms with Crippen molar-refractivity contribution >= 4 is 33.6 Å². The SMILES string of the molecule is CCc1ccc(NC(=O)/C(C#N)=C/c2ccc(OC)cc2Cc2ccccc2Br)cc1. The number of hydrogen-bond donors (Lipinski definition) is 1. The summed E-state index contributed by atoms with van der Waals surface area (Å²) < 4.78 is 6.38. The second-order valence-electron chi connectivity index (χ2n) is 7.01. The van der Waals surface area contributed by atoms with E-state index in [1.165, 1.54) is 5.56 Å². The fourth-order valence-corrected chi connectivity index (χ4v) is 3.60. The molecule has 0 aliphatic carbocycles. The van der Waals surface area contributed by atoms with E-state index in [4.69, 9.17) is 4.74 Å². The lowest BCUT2D eigenvalue weighted by Crippen LogP contribution is -2.13. The molecule has 31 heavy (non-hydrogen) atoms. The third-order valence-electron chi connectivity index (χ3n) is 4.97. The van der Waals surface area contributed by atoms with Crippen molar-refractivity contribution in [3.05, 3.63) is 99.0 Å². The van der Waals surface area contributed by atoms with Crippen LogP contribution in [0.1, 0.15) is 29.2 Å². The van der Waals surface area contributed by atoms with Crippen molar-refractivity contribution in [1.29, 1.82) is 5.26 Å². The number of methoxy groups -OCH3 is 1. The van der Waals surface area contributed by atoms with Gasteiger partial charge in [0, 0.05) is 10.2 Å². The van der Waals surface area contributed by atoms with Gasteiger partial charge in [-0.15, -0.1) is 0 Å². The monoisotopic (exact) mass is 474 g/mol. The number of halogens is 1. The molecule has 5 heteroatoms. The summed E-state index contributed by atoms with van der Waals surface area (Å²) in [6.07, 6.45) is 3.18. The van der Waals surface area contributed by atoms with Crippen LogP contribution in [-0.4, -0.2) is 13.0 Å². The highest BCUT2D eigenvalue weighted by Gasteiger charge is 2.13. The Labute approximate surface area is 191 Å². The number of nitriles is 1. The number of amides is 1. The Balaban J connectivity index is 1.91. The molecule has 0 spiro atoms. The second kappa shape index (κ2) is 10.6. The van der Waals surface area contributed by atoms with Crippen molar-refractivity contribution in [2.75, 3.05) is 12.4 Å². The van der Waals surface area contributed by atoms with Gasteiger partial charge in [0.1, 0.15) is 17.4 Å². The van der Waals surface area contributed by atoms with E-state index in [0.717, 1.165) is 33.3 Å². The van der Waals surface area contributed by atoms with Crippen LogP contribution in [0.2, 0.25) is 0 Å². The molecule has 3 rings (SSSR count). The molecule has 0 fully saturated rings. The Kier molecular flexibility index (Phi) is 7.64. The van der Waals surface area contributed by atoms with Crippen molar-refractivity contribution in [2.24, 2.45) is 0 Å². The number of aryl methyl sites for hydroxylation is 1. The molecule has 0 saturated carbocycles. The van der Waals surface area contributed by atoms with Crippen LogP contribution in [0.3, 0.4) is 0 Å². The van der Waals surface area contributed by atoms with Gasteiger partial charge in [-0.25, -0.2) is 0 Å². The lowest BCUT2D eigenvalue weighted by atomic mass is 9.97. The Morgan fingerprint density at radius 3 is 2.48 bits per heavy atom. The predicted octanol–water partition coefficient (Wildman–Crippen LogP) is 6.16. The van der Waals surface area contributed by atoms with E-state index >= 15 is 0 Å². The van der Waals surface area contributed by atoms with Gasteiger partial charge in [0.25, 0.3) is 5.91 Å². The molecule has 1 N–H and O–H groups in total. The van der Waals surface area contributed by atoms with Crippen molar-refractivity contribution in [2.45, 2.75) is 19.8 Å². The average Bonchev–Trinajstić information content (AvgIpc) is 2.80. The van der Waals surface area contributed by atoms with Crippen molar-refractivity contribution in [3.63, 3.8) is 0 Å². The van der Waals surface area contributed by atoms with Crippen LogP contribution in [0, 0.1) is 11.3 Å². The zero-order valence-electron chi connectivity index (χ0n) is 17.5. The van der Waals surface area contributed by atoms with Crippen LogP contribution in [0.15, 0.2) is 76.8 Å². The molecule has 0 unspecified atom stereocenters. The molecule has 0 radical (unpaired) electrons. The number of benzene rings is 3. The third-order valence-corrected chi connectivity index (χ3v) is 5.75. The van der Waals surface area contributed by atoms with Crippen LogP contribution >= 0.6 is 15.9 Å². The van der Waals surface area contributed by atoms with Crippen molar-refractivity contribution < 1.29 is 9.53 Å². The van der Waals surface area contributed by atoms with Gasteiger partial charge in [-0.1, -0.05) is 59.3 Å². The first-order chi connectivity index (χ1) is 15.0. The third kappa shape index (κ3) is 5.84. The number of rotatable bonds is 7. The molecule has 4 nitrogen and oxygen atoms in total. The molecule has 0 saturated heterocycles. The van der Waals surface area contributed by atoms with Gasteiger partial charge in [0.2, 0.25) is 0 Å². The van der Waals surface area contributed by atoms with Crippen LogP contribution in [0.25, 0.3) is 6.08 Å². The van der Waals surface area contributed by atoms with Gasteiger partial charge in [-0.2, -0.15) is 5.26 Å². The van der Waals surface area contributed by atoms with Gasteiger partial charge in [0.05, 0.1) is 7.11 Å². The normalized spacial score (nSPS) is 11.0.